The Hall–Kier alpha value is -2.07. The summed E-state index contributed by atoms with van der Waals surface area (Å²) in [4.78, 5) is 11.1. The number of hydrogen-bond acceptors (Lipinski definition) is 4. The fraction of sp³-hybridized carbons (Fsp3) is 0.583. The van der Waals surface area contributed by atoms with E-state index < -0.39 is 0 Å². The first-order chi connectivity index (χ1) is 9.33. The highest BCUT2D eigenvalue weighted by atomic mass is 16.5. The van der Waals surface area contributed by atoms with Crippen molar-refractivity contribution >= 4 is 5.96 Å². The molecule has 1 aromatic heterocycles. The molecule has 3 rings (SSSR count). The second-order valence-electron chi connectivity index (χ2n) is 4.85. The molecule has 1 saturated carbocycles. The summed E-state index contributed by atoms with van der Waals surface area (Å²) in [6, 6.07) is 0. The monoisotopic (exact) mass is 260 g/mol. The molecule has 4 atom stereocenters. The molecule has 1 aromatic rings. The number of guanidine groups is 1. The van der Waals surface area contributed by atoms with E-state index in [0.717, 1.165) is 18.7 Å². The molecule has 1 aliphatic carbocycles. The fourth-order valence-corrected chi connectivity index (χ4v) is 2.77. The fourth-order valence-electron chi connectivity index (χ4n) is 2.77. The van der Waals surface area contributed by atoms with Gasteiger partial charge in [0.2, 0.25) is 5.96 Å². The highest BCUT2D eigenvalue weighted by Gasteiger charge is 2.57. The molecule has 100 valence electrons. The number of nitriles is 1. The van der Waals surface area contributed by atoms with E-state index in [1.807, 2.05) is 12.4 Å². The number of ether oxygens (including phenoxy) is 1. The number of imidazole rings is 1. The minimum absolute atomic E-state index is 0.158. The van der Waals surface area contributed by atoms with Crippen molar-refractivity contribution in [2.75, 3.05) is 13.6 Å². The van der Waals surface area contributed by atoms with Crippen LogP contribution in [-0.4, -0.2) is 35.6 Å². The lowest BCUT2D eigenvalue weighted by molar-refractivity contribution is 0.0570. The lowest BCUT2D eigenvalue weighted by Gasteiger charge is -2.14. The molecule has 0 spiro atoms. The number of H-pyrrole nitrogens is 1. The average Bonchev–Trinajstić information content (AvgIpc) is 2.87. The summed E-state index contributed by atoms with van der Waals surface area (Å²) in [7, 11) is 1.64. The SMILES string of the molecule is CN=C(NC#N)NC[C@@H]1[C@H]2C[C@H](c3cnc[nH]3)O[C@@H]12. The molecule has 7 heteroatoms. The molecule has 0 unspecified atom stereocenters. The molecule has 2 heterocycles. The molecule has 0 bridgehead atoms. The number of aromatic amines is 1. The molecule has 0 aromatic carbocycles. The van der Waals surface area contributed by atoms with Crippen molar-refractivity contribution in [1.82, 2.24) is 20.6 Å². The van der Waals surface area contributed by atoms with Crippen LogP contribution in [0.4, 0.5) is 0 Å². The van der Waals surface area contributed by atoms with Crippen molar-refractivity contribution in [3.63, 3.8) is 0 Å². The number of rotatable bonds is 3. The average molecular weight is 260 g/mol. The first-order valence-corrected chi connectivity index (χ1v) is 6.33. The summed E-state index contributed by atoms with van der Waals surface area (Å²) in [6.45, 7) is 0.784. The number of aliphatic imine (C=N–C) groups is 1. The molecule has 0 amide bonds. The zero-order valence-electron chi connectivity index (χ0n) is 10.6. The van der Waals surface area contributed by atoms with Crippen molar-refractivity contribution < 1.29 is 4.74 Å². The normalized spacial score (nSPS) is 32.5. The third kappa shape index (κ3) is 2.27. The van der Waals surface area contributed by atoms with E-state index in [-0.39, 0.29) is 6.10 Å². The first-order valence-electron chi connectivity index (χ1n) is 6.33. The summed E-state index contributed by atoms with van der Waals surface area (Å²) in [5.74, 6) is 1.62. The zero-order valence-corrected chi connectivity index (χ0v) is 10.6. The number of nitrogens with zero attached hydrogens (tertiary/aromatic N) is 3. The second kappa shape index (κ2) is 4.90. The van der Waals surface area contributed by atoms with Crippen LogP contribution in [0.3, 0.4) is 0 Å². The lowest BCUT2D eigenvalue weighted by Crippen LogP contribution is -2.36. The highest BCUT2D eigenvalue weighted by molar-refractivity contribution is 5.81. The zero-order chi connectivity index (χ0) is 13.2. The Morgan fingerprint density at radius 3 is 3.21 bits per heavy atom. The van der Waals surface area contributed by atoms with Crippen molar-refractivity contribution in [3.05, 3.63) is 18.2 Å². The third-order valence-electron chi connectivity index (χ3n) is 3.83. The largest absolute Gasteiger partial charge is 0.368 e. The third-order valence-corrected chi connectivity index (χ3v) is 3.83. The van der Waals surface area contributed by atoms with Gasteiger partial charge in [0.1, 0.15) is 0 Å². The van der Waals surface area contributed by atoms with Gasteiger partial charge in [-0.1, -0.05) is 0 Å². The van der Waals surface area contributed by atoms with Crippen LogP contribution in [0.25, 0.3) is 0 Å². The molecule has 1 aliphatic heterocycles. The second-order valence-corrected chi connectivity index (χ2v) is 4.85. The van der Waals surface area contributed by atoms with Gasteiger partial charge in [0, 0.05) is 19.5 Å². The van der Waals surface area contributed by atoms with E-state index in [1.165, 1.54) is 0 Å². The smallest absolute Gasteiger partial charge is 0.204 e. The van der Waals surface area contributed by atoms with E-state index in [1.54, 1.807) is 13.4 Å². The van der Waals surface area contributed by atoms with E-state index >= 15 is 0 Å². The van der Waals surface area contributed by atoms with Crippen molar-refractivity contribution in [3.8, 4) is 6.19 Å². The molecular weight excluding hydrogens is 244 g/mol. The maximum atomic E-state index is 8.53. The maximum Gasteiger partial charge on any atom is 0.204 e. The van der Waals surface area contributed by atoms with Gasteiger partial charge >= 0.3 is 0 Å². The molecule has 0 radical (unpaired) electrons. The Morgan fingerprint density at radius 1 is 1.74 bits per heavy atom. The van der Waals surface area contributed by atoms with Gasteiger partial charge in [0.05, 0.1) is 30.4 Å². The van der Waals surface area contributed by atoms with Gasteiger partial charge in [-0.3, -0.25) is 10.3 Å². The predicted octanol–water partition coefficient (Wildman–Crippen LogP) is 0.132. The number of fused-ring (bicyclic) bond motifs is 1. The lowest BCUT2D eigenvalue weighted by atomic mass is 10.1. The van der Waals surface area contributed by atoms with Gasteiger partial charge in [-0.15, -0.1) is 0 Å². The molecule has 1 saturated heterocycles. The topological polar surface area (TPSA) is 98.1 Å². The summed E-state index contributed by atoms with van der Waals surface area (Å²) in [5, 5.41) is 14.2. The van der Waals surface area contributed by atoms with E-state index in [9.17, 15) is 0 Å². The highest BCUT2D eigenvalue weighted by Crippen LogP contribution is 2.55. The van der Waals surface area contributed by atoms with E-state index in [4.69, 9.17) is 10.00 Å². The standard InChI is InChI=1S/C12H16N6O/c1-14-12(17-5-13)16-3-8-7-2-10(19-11(7)8)9-4-15-6-18-9/h4,6-8,10-11H,2-3H2,1H3,(H,15,18)(H2,14,16,17)/t7-,8-,10-,11-/m1/s1. The molecule has 3 N–H and O–H groups in total. The predicted molar refractivity (Wildman–Crippen MR) is 67.9 cm³/mol. The quantitative estimate of drug-likeness (QED) is 0.310. The molecule has 7 nitrogen and oxygen atoms in total. The Labute approximate surface area is 111 Å². The number of nitrogens with one attached hydrogen (secondary N) is 3. The summed E-state index contributed by atoms with van der Waals surface area (Å²) in [5.41, 5.74) is 1.06. The van der Waals surface area contributed by atoms with E-state index in [0.29, 0.717) is 23.9 Å². The van der Waals surface area contributed by atoms with Gasteiger partial charge < -0.3 is 15.0 Å². The van der Waals surface area contributed by atoms with Gasteiger partial charge in [-0.05, 0) is 12.3 Å². The molecule has 19 heavy (non-hydrogen) atoms. The van der Waals surface area contributed by atoms with Gasteiger partial charge in [0.15, 0.2) is 6.19 Å². The number of hydrogen-bond donors (Lipinski definition) is 3. The molecule has 2 fully saturated rings. The summed E-state index contributed by atoms with van der Waals surface area (Å²) < 4.78 is 5.98. The molecule has 2 aliphatic rings. The van der Waals surface area contributed by atoms with Crippen LogP contribution in [0.1, 0.15) is 18.2 Å². The van der Waals surface area contributed by atoms with Crippen LogP contribution in [0.15, 0.2) is 17.5 Å². The minimum Gasteiger partial charge on any atom is -0.368 e. The maximum absolute atomic E-state index is 8.53. The van der Waals surface area contributed by atoms with Crippen molar-refractivity contribution in [1.29, 1.82) is 5.26 Å². The van der Waals surface area contributed by atoms with Crippen molar-refractivity contribution in [2.24, 2.45) is 16.8 Å². The summed E-state index contributed by atoms with van der Waals surface area (Å²) >= 11 is 0. The van der Waals surface area contributed by atoms with Crippen LogP contribution in [0.5, 0.6) is 0 Å². The van der Waals surface area contributed by atoms with Crippen LogP contribution < -0.4 is 10.6 Å². The van der Waals surface area contributed by atoms with Crippen LogP contribution in [-0.2, 0) is 4.74 Å². The van der Waals surface area contributed by atoms with Crippen molar-refractivity contribution in [2.45, 2.75) is 18.6 Å². The van der Waals surface area contributed by atoms with Gasteiger partial charge in [-0.25, -0.2) is 4.98 Å². The molecular formula is C12H16N6O. The first kappa shape index (κ1) is 12.0. The van der Waals surface area contributed by atoms with Crippen LogP contribution in [0, 0.1) is 23.3 Å². The number of aromatic nitrogens is 2. The van der Waals surface area contributed by atoms with E-state index in [2.05, 4.69) is 25.6 Å². The van der Waals surface area contributed by atoms with Crippen LogP contribution in [0.2, 0.25) is 0 Å². The minimum atomic E-state index is 0.158. The van der Waals surface area contributed by atoms with Crippen LogP contribution >= 0.6 is 0 Å². The Bertz CT molecular complexity index is 493. The Balaban J connectivity index is 1.46. The van der Waals surface area contributed by atoms with Gasteiger partial charge in [-0.2, -0.15) is 5.26 Å². The Morgan fingerprint density at radius 2 is 2.63 bits per heavy atom. The van der Waals surface area contributed by atoms with Gasteiger partial charge in [0.25, 0.3) is 0 Å². The summed E-state index contributed by atoms with van der Waals surface area (Å²) in [6.07, 6.45) is 6.86. The Kier molecular flexibility index (Phi) is 3.09.